The Kier molecular flexibility index (Phi) is 6.93. The summed E-state index contributed by atoms with van der Waals surface area (Å²) in [4.78, 5) is 30.0. The molecule has 174 valence electrons. The normalized spacial score (nSPS) is 13.9. The van der Waals surface area contributed by atoms with Crippen LogP contribution in [-0.2, 0) is 0 Å². The average molecular weight is 457 g/mol. The van der Waals surface area contributed by atoms with Crippen LogP contribution >= 0.6 is 0 Å². The number of nitriles is 1. The number of aromatic nitrogens is 2. The van der Waals surface area contributed by atoms with Crippen LogP contribution in [0, 0.1) is 11.3 Å². The van der Waals surface area contributed by atoms with E-state index in [1.807, 2.05) is 46.2 Å². The molecule has 1 fully saturated rings. The first-order valence-corrected chi connectivity index (χ1v) is 11.5. The molecule has 0 unspecified atom stereocenters. The monoisotopic (exact) mass is 456 g/mol. The summed E-state index contributed by atoms with van der Waals surface area (Å²) in [6.07, 6.45) is 3.78. The van der Waals surface area contributed by atoms with Gasteiger partial charge in [0.05, 0.1) is 11.9 Å². The minimum Gasteiger partial charge on any atom is -0.382 e. The highest BCUT2D eigenvalue weighted by atomic mass is 16.2. The van der Waals surface area contributed by atoms with Gasteiger partial charge in [-0.1, -0.05) is 25.1 Å². The van der Waals surface area contributed by atoms with Gasteiger partial charge in [-0.2, -0.15) is 10.4 Å². The topological polar surface area (TPSA) is 108 Å². The van der Waals surface area contributed by atoms with Crippen LogP contribution in [0.2, 0.25) is 0 Å². The summed E-state index contributed by atoms with van der Waals surface area (Å²) in [5.74, 6) is 0.291. The lowest BCUT2D eigenvalue weighted by Crippen LogP contribution is -2.49. The molecule has 0 aliphatic carbocycles. The Bertz CT molecular complexity index is 1190. The number of nitrogen functional groups attached to an aromatic ring is 1. The van der Waals surface area contributed by atoms with Gasteiger partial charge >= 0.3 is 0 Å². The minimum atomic E-state index is -0.0209. The van der Waals surface area contributed by atoms with E-state index >= 15 is 0 Å². The summed E-state index contributed by atoms with van der Waals surface area (Å²) in [6, 6.07) is 18.5. The number of hydrogen-bond acceptors (Lipinski definition) is 5. The van der Waals surface area contributed by atoms with Crippen molar-refractivity contribution < 1.29 is 9.59 Å². The lowest BCUT2D eigenvalue weighted by Gasteiger charge is -2.38. The van der Waals surface area contributed by atoms with Gasteiger partial charge in [-0.05, 0) is 55.7 Å². The van der Waals surface area contributed by atoms with Crippen LogP contribution in [0.25, 0.3) is 5.69 Å². The smallest absolute Gasteiger partial charge is 0.254 e. The maximum absolute atomic E-state index is 13.4. The number of rotatable bonds is 6. The third-order valence-electron chi connectivity index (χ3n) is 6.22. The molecule has 0 saturated carbocycles. The summed E-state index contributed by atoms with van der Waals surface area (Å²) >= 11 is 0. The van der Waals surface area contributed by atoms with E-state index in [2.05, 4.69) is 12.0 Å². The number of hydrogen-bond donors (Lipinski definition) is 1. The largest absolute Gasteiger partial charge is 0.382 e. The molecule has 3 aromatic rings. The maximum Gasteiger partial charge on any atom is 0.254 e. The van der Waals surface area contributed by atoms with E-state index in [0.29, 0.717) is 42.0 Å². The molecule has 2 heterocycles. The van der Waals surface area contributed by atoms with Crippen LogP contribution < -0.4 is 5.73 Å². The van der Waals surface area contributed by atoms with Crippen molar-refractivity contribution >= 4 is 17.6 Å². The zero-order valence-electron chi connectivity index (χ0n) is 19.2. The molecule has 1 aliphatic rings. The van der Waals surface area contributed by atoms with Gasteiger partial charge in [-0.25, -0.2) is 4.68 Å². The molecule has 2 aromatic carbocycles. The highest BCUT2D eigenvalue weighted by Gasteiger charge is 2.30. The van der Waals surface area contributed by atoms with E-state index in [-0.39, 0.29) is 23.7 Å². The molecular weight excluding hydrogens is 428 g/mol. The van der Waals surface area contributed by atoms with E-state index in [1.165, 1.54) is 10.9 Å². The van der Waals surface area contributed by atoms with Gasteiger partial charge in [0, 0.05) is 36.8 Å². The first-order chi connectivity index (χ1) is 16.5. The van der Waals surface area contributed by atoms with Gasteiger partial charge in [0.2, 0.25) is 0 Å². The van der Waals surface area contributed by atoms with Gasteiger partial charge in [-0.3, -0.25) is 9.59 Å². The lowest BCUT2D eigenvalue weighted by atomic mass is 10.0. The molecule has 8 heteroatoms. The summed E-state index contributed by atoms with van der Waals surface area (Å²) in [5, 5.41) is 13.2. The van der Waals surface area contributed by atoms with Gasteiger partial charge < -0.3 is 15.5 Å². The van der Waals surface area contributed by atoms with Crippen molar-refractivity contribution in [2.75, 3.05) is 25.4 Å². The molecule has 0 spiro atoms. The third-order valence-corrected chi connectivity index (χ3v) is 6.22. The molecule has 1 aliphatic heterocycles. The van der Waals surface area contributed by atoms with E-state index in [4.69, 9.17) is 11.0 Å². The van der Waals surface area contributed by atoms with Gasteiger partial charge in [0.1, 0.15) is 17.5 Å². The number of piperidine rings is 1. The van der Waals surface area contributed by atoms with E-state index in [0.717, 1.165) is 19.3 Å². The highest BCUT2D eigenvalue weighted by Crippen LogP contribution is 2.22. The molecule has 8 nitrogen and oxygen atoms in total. The van der Waals surface area contributed by atoms with Crippen LogP contribution in [0.15, 0.2) is 60.8 Å². The van der Waals surface area contributed by atoms with Crippen LogP contribution in [-0.4, -0.2) is 57.1 Å². The number of likely N-dealkylation sites (tertiary alicyclic amines) is 1. The Balaban J connectivity index is 1.44. The predicted molar refractivity (Wildman–Crippen MR) is 129 cm³/mol. The minimum absolute atomic E-state index is 0.0209. The standard InChI is InChI=1S/C26H28N6O2/c1-2-14-31(22-12-15-30(16-13-22)25(33)19-6-4-3-5-7-19)26(34)20-8-10-23(11-9-20)32-24(28)21(17-27)18-29-32/h3-11,18,22H,2,12-16,28H2,1H3. The van der Waals surface area contributed by atoms with Crippen molar-refractivity contribution in [1.29, 1.82) is 5.26 Å². The Morgan fingerprint density at radius 1 is 1.09 bits per heavy atom. The molecule has 0 radical (unpaired) electrons. The fourth-order valence-corrected chi connectivity index (χ4v) is 4.40. The quantitative estimate of drug-likeness (QED) is 0.611. The summed E-state index contributed by atoms with van der Waals surface area (Å²) in [7, 11) is 0. The number of amides is 2. The van der Waals surface area contributed by atoms with Crippen LogP contribution in [0.5, 0.6) is 0 Å². The molecule has 1 aromatic heterocycles. The molecule has 1 saturated heterocycles. The fraction of sp³-hybridized carbons (Fsp3) is 0.308. The number of carbonyl (C=O) groups is 2. The molecule has 2 amide bonds. The number of carbonyl (C=O) groups excluding carboxylic acids is 2. The molecule has 2 N–H and O–H groups in total. The first-order valence-electron chi connectivity index (χ1n) is 11.5. The average Bonchev–Trinajstić information content (AvgIpc) is 3.27. The van der Waals surface area contributed by atoms with Crippen molar-refractivity contribution in [3.05, 3.63) is 77.5 Å². The number of benzene rings is 2. The SMILES string of the molecule is CCCN(C(=O)c1ccc(-n2ncc(C#N)c2N)cc1)C1CCN(C(=O)c2ccccc2)CC1. The fourth-order valence-electron chi connectivity index (χ4n) is 4.40. The van der Waals surface area contributed by atoms with Crippen molar-refractivity contribution in [1.82, 2.24) is 19.6 Å². The molecule has 34 heavy (non-hydrogen) atoms. The van der Waals surface area contributed by atoms with Gasteiger partial charge in [0.25, 0.3) is 11.8 Å². The zero-order valence-corrected chi connectivity index (χ0v) is 19.2. The maximum atomic E-state index is 13.4. The van der Waals surface area contributed by atoms with Gasteiger partial charge in [0.15, 0.2) is 0 Å². The number of nitrogens with two attached hydrogens (primary N) is 1. The first kappa shape index (κ1) is 23.1. The van der Waals surface area contributed by atoms with Crippen LogP contribution in [0.4, 0.5) is 5.82 Å². The van der Waals surface area contributed by atoms with Gasteiger partial charge in [-0.15, -0.1) is 0 Å². The summed E-state index contributed by atoms with van der Waals surface area (Å²) < 4.78 is 1.48. The second-order valence-electron chi connectivity index (χ2n) is 8.40. The number of nitrogens with zero attached hydrogens (tertiary/aromatic N) is 5. The Morgan fingerprint density at radius 3 is 2.35 bits per heavy atom. The van der Waals surface area contributed by atoms with Crippen LogP contribution in [0.3, 0.4) is 0 Å². The Labute approximate surface area is 199 Å². The third kappa shape index (κ3) is 4.64. The Morgan fingerprint density at radius 2 is 1.76 bits per heavy atom. The molecular formula is C26H28N6O2. The summed E-state index contributed by atoms with van der Waals surface area (Å²) in [6.45, 7) is 3.98. The second-order valence-corrected chi connectivity index (χ2v) is 8.40. The highest BCUT2D eigenvalue weighted by molar-refractivity contribution is 5.95. The lowest BCUT2D eigenvalue weighted by molar-refractivity contribution is 0.0519. The second kappa shape index (κ2) is 10.2. The van der Waals surface area contributed by atoms with E-state index < -0.39 is 0 Å². The predicted octanol–water partition coefficient (Wildman–Crippen LogP) is 3.48. The van der Waals surface area contributed by atoms with Crippen molar-refractivity contribution in [3.8, 4) is 11.8 Å². The summed E-state index contributed by atoms with van der Waals surface area (Å²) in [5.41, 5.74) is 8.26. The van der Waals surface area contributed by atoms with Crippen LogP contribution in [0.1, 0.15) is 52.5 Å². The Hall–Kier alpha value is -4.12. The van der Waals surface area contributed by atoms with Crippen molar-refractivity contribution in [2.24, 2.45) is 0 Å². The van der Waals surface area contributed by atoms with E-state index in [9.17, 15) is 9.59 Å². The molecule has 4 rings (SSSR count). The van der Waals surface area contributed by atoms with Crippen molar-refractivity contribution in [2.45, 2.75) is 32.2 Å². The molecule has 0 bridgehead atoms. The van der Waals surface area contributed by atoms with Crippen molar-refractivity contribution in [3.63, 3.8) is 0 Å². The van der Waals surface area contributed by atoms with E-state index in [1.54, 1.807) is 24.3 Å². The molecule has 0 atom stereocenters. The number of anilines is 1. The zero-order chi connectivity index (χ0) is 24.1.